The minimum Gasteiger partial charge on any atom is -0.497 e. The molecule has 0 atom stereocenters. The molecule has 2 aromatic rings. The fourth-order valence-electron chi connectivity index (χ4n) is 1.77. The Morgan fingerprint density at radius 1 is 1.24 bits per heavy atom. The van der Waals surface area contributed by atoms with Crippen molar-refractivity contribution in [1.82, 2.24) is 0 Å². The van der Waals surface area contributed by atoms with E-state index in [0.29, 0.717) is 12.3 Å². The van der Waals surface area contributed by atoms with Gasteiger partial charge in [-0.15, -0.1) is 11.8 Å². The first-order valence-electron chi connectivity index (χ1n) is 6.57. The van der Waals surface area contributed by atoms with Crippen molar-refractivity contribution in [3.8, 4) is 5.75 Å². The van der Waals surface area contributed by atoms with E-state index in [1.165, 1.54) is 11.8 Å². The highest BCUT2D eigenvalue weighted by Gasteiger charge is 2.04. The van der Waals surface area contributed by atoms with Gasteiger partial charge in [0, 0.05) is 23.2 Å². The zero-order valence-electron chi connectivity index (χ0n) is 11.8. The Bertz CT molecular complexity index is 599. The molecule has 0 aliphatic carbocycles. The molecule has 0 heterocycles. The normalized spacial score (nSPS) is 10.2. The minimum absolute atomic E-state index is 0.0452. The molecule has 0 aliphatic heterocycles. The molecule has 110 valence electrons. The summed E-state index contributed by atoms with van der Waals surface area (Å²) in [7, 11) is 1.60. The van der Waals surface area contributed by atoms with Crippen LogP contribution in [0, 0.1) is 0 Å². The van der Waals surface area contributed by atoms with Crippen molar-refractivity contribution < 1.29 is 9.53 Å². The van der Waals surface area contributed by atoms with Gasteiger partial charge in [-0.3, -0.25) is 4.79 Å². The molecule has 2 rings (SSSR count). The van der Waals surface area contributed by atoms with Gasteiger partial charge in [-0.1, -0.05) is 18.2 Å². The number of ether oxygens (including phenoxy) is 1. The average molecular weight is 302 g/mol. The molecular weight excluding hydrogens is 284 g/mol. The van der Waals surface area contributed by atoms with E-state index in [0.717, 1.165) is 21.9 Å². The molecule has 1 amide bonds. The van der Waals surface area contributed by atoms with E-state index < -0.39 is 0 Å². The molecule has 0 saturated heterocycles. The summed E-state index contributed by atoms with van der Waals surface area (Å²) in [5, 5.41) is 2.85. The molecule has 0 bridgehead atoms. The van der Waals surface area contributed by atoms with Crippen LogP contribution < -0.4 is 15.8 Å². The second-order valence-electron chi connectivity index (χ2n) is 4.42. The number of methoxy groups -OCH3 is 1. The van der Waals surface area contributed by atoms with Crippen LogP contribution in [-0.2, 0) is 11.3 Å². The zero-order chi connectivity index (χ0) is 15.1. The van der Waals surface area contributed by atoms with Gasteiger partial charge in [0.25, 0.3) is 0 Å². The maximum atomic E-state index is 11.9. The molecule has 0 spiro atoms. The van der Waals surface area contributed by atoms with E-state index in [1.807, 2.05) is 42.5 Å². The number of benzene rings is 2. The first-order valence-corrected chi connectivity index (χ1v) is 7.55. The first-order chi connectivity index (χ1) is 10.2. The quantitative estimate of drug-likeness (QED) is 0.805. The van der Waals surface area contributed by atoms with Gasteiger partial charge in [0.2, 0.25) is 5.91 Å². The monoisotopic (exact) mass is 302 g/mol. The molecular formula is C16H18N2O2S. The smallest absolute Gasteiger partial charge is 0.234 e. The highest BCUT2D eigenvalue weighted by atomic mass is 32.2. The van der Waals surface area contributed by atoms with Crippen LogP contribution in [0.5, 0.6) is 5.75 Å². The van der Waals surface area contributed by atoms with E-state index in [4.69, 9.17) is 10.5 Å². The Balaban J connectivity index is 1.86. The molecule has 0 aliphatic rings. The van der Waals surface area contributed by atoms with Crippen LogP contribution in [0.4, 0.5) is 5.69 Å². The lowest BCUT2D eigenvalue weighted by atomic mass is 10.2. The summed E-state index contributed by atoms with van der Waals surface area (Å²) >= 11 is 1.49. The highest BCUT2D eigenvalue weighted by molar-refractivity contribution is 8.00. The number of rotatable bonds is 6. The number of carbonyl (C=O) groups is 1. The van der Waals surface area contributed by atoms with Gasteiger partial charge in [-0.05, 0) is 29.8 Å². The van der Waals surface area contributed by atoms with E-state index >= 15 is 0 Å². The molecule has 4 nitrogen and oxygen atoms in total. The van der Waals surface area contributed by atoms with E-state index in [2.05, 4.69) is 5.32 Å². The highest BCUT2D eigenvalue weighted by Crippen LogP contribution is 2.20. The SMILES string of the molecule is COc1cccc(NC(=O)CSc2ccc(CN)cc2)c1. The summed E-state index contributed by atoms with van der Waals surface area (Å²) in [6, 6.07) is 15.2. The van der Waals surface area contributed by atoms with Crippen molar-refractivity contribution in [3.05, 3.63) is 54.1 Å². The Kier molecular flexibility index (Phi) is 5.66. The number of anilines is 1. The van der Waals surface area contributed by atoms with Crippen molar-refractivity contribution >= 4 is 23.4 Å². The van der Waals surface area contributed by atoms with Gasteiger partial charge < -0.3 is 15.8 Å². The van der Waals surface area contributed by atoms with E-state index in [1.54, 1.807) is 13.2 Å². The average Bonchev–Trinajstić information content (AvgIpc) is 2.53. The maximum Gasteiger partial charge on any atom is 0.234 e. The summed E-state index contributed by atoms with van der Waals surface area (Å²) in [4.78, 5) is 13.0. The van der Waals surface area contributed by atoms with Gasteiger partial charge in [-0.25, -0.2) is 0 Å². The topological polar surface area (TPSA) is 64.3 Å². The van der Waals surface area contributed by atoms with Crippen LogP contribution in [-0.4, -0.2) is 18.8 Å². The van der Waals surface area contributed by atoms with Crippen LogP contribution in [0.15, 0.2) is 53.4 Å². The lowest BCUT2D eigenvalue weighted by molar-refractivity contribution is -0.113. The van der Waals surface area contributed by atoms with Crippen LogP contribution in [0.1, 0.15) is 5.56 Å². The van der Waals surface area contributed by atoms with Crippen molar-refractivity contribution in [2.75, 3.05) is 18.2 Å². The van der Waals surface area contributed by atoms with Crippen LogP contribution in [0.3, 0.4) is 0 Å². The summed E-state index contributed by atoms with van der Waals surface area (Å²) in [5.74, 6) is 1.04. The number of hydrogen-bond acceptors (Lipinski definition) is 4. The number of carbonyl (C=O) groups excluding carboxylic acids is 1. The van der Waals surface area contributed by atoms with Gasteiger partial charge >= 0.3 is 0 Å². The minimum atomic E-state index is -0.0452. The van der Waals surface area contributed by atoms with Gasteiger partial charge in [0.1, 0.15) is 5.75 Å². The third-order valence-corrected chi connectivity index (χ3v) is 3.89. The molecule has 3 N–H and O–H groups in total. The number of nitrogens with two attached hydrogens (primary N) is 1. The second kappa shape index (κ2) is 7.71. The van der Waals surface area contributed by atoms with Gasteiger partial charge in [0.15, 0.2) is 0 Å². The van der Waals surface area contributed by atoms with Crippen LogP contribution in [0.25, 0.3) is 0 Å². The van der Waals surface area contributed by atoms with Crippen molar-refractivity contribution in [2.45, 2.75) is 11.4 Å². The third-order valence-electron chi connectivity index (χ3n) is 2.88. The molecule has 0 aromatic heterocycles. The zero-order valence-corrected chi connectivity index (χ0v) is 12.7. The molecule has 0 saturated carbocycles. The molecule has 5 heteroatoms. The Labute approximate surface area is 128 Å². The largest absolute Gasteiger partial charge is 0.497 e. The predicted octanol–water partition coefficient (Wildman–Crippen LogP) is 2.88. The third kappa shape index (κ3) is 4.81. The number of amides is 1. The molecule has 0 radical (unpaired) electrons. The summed E-state index contributed by atoms with van der Waals surface area (Å²) in [5.41, 5.74) is 7.37. The fraction of sp³-hybridized carbons (Fsp3) is 0.188. The van der Waals surface area contributed by atoms with E-state index in [9.17, 15) is 4.79 Å². The second-order valence-corrected chi connectivity index (χ2v) is 5.47. The Morgan fingerprint density at radius 3 is 2.67 bits per heavy atom. The van der Waals surface area contributed by atoms with Crippen LogP contribution in [0.2, 0.25) is 0 Å². The number of nitrogens with one attached hydrogen (secondary N) is 1. The lowest BCUT2D eigenvalue weighted by Gasteiger charge is -2.07. The van der Waals surface area contributed by atoms with E-state index in [-0.39, 0.29) is 5.91 Å². The fourth-order valence-corrected chi connectivity index (χ4v) is 2.47. The van der Waals surface area contributed by atoms with Crippen molar-refractivity contribution in [2.24, 2.45) is 5.73 Å². The summed E-state index contributed by atoms with van der Waals surface area (Å²) < 4.78 is 5.12. The molecule has 2 aromatic carbocycles. The molecule has 21 heavy (non-hydrogen) atoms. The van der Waals surface area contributed by atoms with Gasteiger partial charge in [-0.2, -0.15) is 0 Å². The Hall–Kier alpha value is -1.98. The molecule has 0 fully saturated rings. The number of hydrogen-bond donors (Lipinski definition) is 2. The molecule has 0 unspecified atom stereocenters. The predicted molar refractivity (Wildman–Crippen MR) is 86.7 cm³/mol. The van der Waals surface area contributed by atoms with Crippen molar-refractivity contribution in [3.63, 3.8) is 0 Å². The standard InChI is InChI=1S/C16H18N2O2S/c1-20-14-4-2-3-13(9-14)18-16(19)11-21-15-7-5-12(10-17)6-8-15/h2-9H,10-11,17H2,1H3,(H,18,19). The summed E-state index contributed by atoms with van der Waals surface area (Å²) in [6.45, 7) is 0.529. The summed E-state index contributed by atoms with van der Waals surface area (Å²) in [6.07, 6.45) is 0. The number of thioether (sulfide) groups is 1. The maximum absolute atomic E-state index is 11.9. The van der Waals surface area contributed by atoms with Crippen molar-refractivity contribution in [1.29, 1.82) is 0 Å². The van der Waals surface area contributed by atoms with Gasteiger partial charge in [0.05, 0.1) is 12.9 Å². The first kappa shape index (κ1) is 15.4. The lowest BCUT2D eigenvalue weighted by Crippen LogP contribution is -2.13. The van der Waals surface area contributed by atoms with Crippen LogP contribution >= 0.6 is 11.8 Å². The Morgan fingerprint density at radius 2 is 2.00 bits per heavy atom.